The summed E-state index contributed by atoms with van der Waals surface area (Å²) in [6.07, 6.45) is 5.82. The lowest BCUT2D eigenvalue weighted by atomic mass is 9.79. The molecule has 2 aliphatic heterocycles. The van der Waals surface area contributed by atoms with Gasteiger partial charge in [-0.15, -0.1) is 0 Å². The van der Waals surface area contributed by atoms with Gasteiger partial charge in [-0.1, -0.05) is 24.3 Å². The maximum Gasteiger partial charge on any atom is 0.236 e. The van der Waals surface area contributed by atoms with Crippen molar-refractivity contribution in [1.29, 1.82) is 5.26 Å². The van der Waals surface area contributed by atoms with Gasteiger partial charge in [0.15, 0.2) is 9.84 Å². The van der Waals surface area contributed by atoms with E-state index in [0.29, 0.717) is 35.0 Å². The molecular weight excluding hydrogens is 613 g/mol. The fraction of sp³-hybridized carbons (Fsp3) is 0.394. The first-order valence-corrected chi connectivity index (χ1v) is 18.6. The van der Waals surface area contributed by atoms with E-state index in [1.807, 2.05) is 12.1 Å². The Balaban J connectivity index is 1.20. The van der Waals surface area contributed by atoms with E-state index < -0.39 is 43.2 Å². The Morgan fingerprint density at radius 3 is 2.49 bits per heavy atom. The molecule has 2 N–H and O–H groups in total. The molecule has 0 unspecified atom stereocenters. The zero-order valence-corrected chi connectivity index (χ0v) is 26.7. The maximum absolute atomic E-state index is 13.2. The van der Waals surface area contributed by atoms with Crippen LogP contribution in [0, 0.1) is 11.3 Å². The Kier molecular flexibility index (Phi) is 8.37. The van der Waals surface area contributed by atoms with Gasteiger partial charge in [-0.3, -0.25) is 14.4 Å². The van der Waals surface area contributed by atoms with Gasteiger partial charge in [-0.2, -0.15) is 5.26 Å². The topological polar surface area (TPSA) is 146 Å². The number of fused-ring (bicyclic) bond motifs is 2. The molecule has 3 aromatic rings. The highest BCUT2D eigenvalue weighted by Crippen LogP contribution is 2.46. The van der Waals surface area contributed by atoms with E-state index in [0.717, 1.165) is 51.4 Å². The van der Waals surface area contributed by atoms with Gasteiger partial charge in [0.1, 0.15) is 17.1 Å². The van der Waals surface area contributed by atoms with E-state index in [1.54, 1.807) is 36.4 Å². The van der Waals surface area contributed by atoms with Crippen LogP contribution in [0.3, 0.4) is 0 Å². The Morgan fingerprint density at radius 1 is 1.02 bits per heavy atom. The summed E-state index contributed by atoms with van der Waals surface area (Å²) in [7, 11) is -7.40. The number of sulfonamides is 1. The van der Waals surface area contributed by atoms with Crippen LogP contribution in [0.4, 0.5) is 5.69 Å². The fourth-order valence-corrected chi connectivity index (χ4v) is 8.64. The summed E-state index contributed by atoms with van der Waals surface area (Å²) in [4.78, 5) is 15.8. The van der Waals surface area contributed by atoms with Crippen molar-refractivity contribution in [2.24, 2.45) is 0 Å². The van der Waals surface area contributed by atoms with Crippen LogP contribution in [0.5, 0.6) is 5.75 Å². The van der Waals surface area contributed by atoms with Crippen LogP contribution >= 0.6 is 0 Å². The average molecular weight is 649 g/mol. The predicted octanol–water partition coefficient (Wildman–Crippen LogP) is 3.74. The number of nitrogens with one attached hydrogen (secondary N) is 2. The summed E-state index contributed by atoms with van der Waals surface area (Å²) in [5.41, 5.74) is 3.60. The second-order valence-corrected chi connectivity index (χ2v) is 16.1. The Morgan fingerprint density at radius 2 is 1.78 bits per heavy atom. The van der Waals surface area contributed by atoms with E-state index in [2.05, 4.69) is 27.1 Å². The lowest BCUT2D eigenvalue weighted by Crippen LogP contribution is -2.55. The minimum Gasteiger partial charge on any atom is -0.487 e. The maximum atomic E-state index is 13.2. The highest BCUT2D eigenvalue weighted by molar-refractivity contribution is 7.92. The van der Waals surface area contributed by atoms with Gasteiger partial charge in [0, 0.05) is 36.8 Å². The van der Waals surface area contributed by atoms with Gasteiger partial charge in [0.25, 0.3) is 0 Å². The lowest BCUT2D eigenvalue weighted by molar-refractivity contribution is -0.120. The van der Waals surface area contributed by atoms with Crippen molar-refractivity contribution in [2.75, 3.05) is 29.8 Å². The van der Waals surface area contributed by atoms with Crippen molar-refractivity contribution < 1.29 is 26.4 Å². The van der Waals surface area contributed by atoms with Crippen LogP contribution in [-0.2, 0) is 37.5 Å². The number of sulfone groups is 1. The molecule has 12 heteroatoms. The number of carbonyl (C=O) groups excluding carboxylic acids is 1. The number of nitriles is 1. The summed E-state index contributed by atoms with van der Waals surface area (Å²) in [6.45, 7) is 1.62. The summed E-state index contributed by atoms with van der Waals surface area (Å²) in [6, 6.07) is 20.9. The summed E-state index contributed by atoms with van der Waals surface area (Å²) in [5.74, 6) is -0.791. The summed E-state index contributed by atoms with van der Waals surface area (Å²) >= 11 is 0. The molecule has 1 spiro atoms. The van der Waals surface area contributed by atoms with Crippen molar-refractivity contribution in [3.8, 4) is 11.8 Å². The monoisotopic (exact) mass is 648 g/mol. The number of anilines is 1. The third kappa shape index (κ3) is 7.01. The molecule has 0 radical (unpaired) electrons. The highest BCUT2D eigenvalue weighted by Gasteiger charge is 2.45. The van der Waals surface area contributed by atoms with Crippen molar-refractivity contribution in [3.05, 3.63) is 89.0 Å². The predicted molar refractivity (Wildman–Crippen MR) is 170 cm³/mol. The summed E-state index contributed by atoms with van der Waals surface area (Å²) < 4.78 is 58.9. The Hall–Kier alpha value is -3.92. The Labute approximate surface area is 264 Å². The quantitative estimate of drug-likeness (QED) is 0.394. The molecule has 6 rings (SSSR count). The number of aryl methyl sites for hydroxylation is 1. The third-order valence-electron chi connectivity index (χ3n) is 9.11. The molecular formula is C33H36N4O6S2. The fourth-order valence-electron chi connectivity index (χ4n) is 6.92. The van der Waals surface area contributed by atoms with Crippen LogP contribution in [0.1, 0.15) is 54.0 Å². The molecule has 0 aromatic heterocycles. The molecule has 3 aliphatic rings. The highest BCUT2D eigenvalue weighted by atomic mass is 32.2. The average Bonchev–Trinajstić information content (AvgIpc) is 3.00. The number of rotatable bonds is 7. The smallest absolute Gasteiger partial charge is 0.236 e. The number of nitrogens with zero attached hydrogens (tertiary/aromatic N) is 2. The van der Waals surface area contributed by atoms with E-state index >= 15 is 0 Å². The molecule has 2 atom stereocenters. The lowest BCUT2D eigenvalue weighted by Gasteiger charge is -2.49. The zero-order chi connectivity index (χ0) is 31.8. The molecule has 0 bridgehead atoms. The zero-order valence-electron chi connectivity index (χ0n) is 25.0. The van der Waals surface area contributed by atoms with E-state index in [9.17, 15) is 26.9 Å². The van der Waals surface area contributed by atoms with Gasteiger partial charge >= 0.3 is 0 Å². The minimum absolute atomic E-state index is 0.0758. The van der Waals surface area contributed by atoms with Gasteiger partial charge < -0.3 is 10.1 Å². The van der Waals surface area contributed by atoms with Gasteiger partial charge in [0.2, 0.25) is 15.9 Å². The standard InChI is InChI=1S/C33H36N4O6S2/c1-44(39,40)36-26-10-12-31-29(19-26)30(35-32(38)22-45(41,42)28-5-3-2-4-6-28)20-33(43-31)13-15-37(16-14-33)27-11-9-24-17-23(21-34)7-8-25(24)18-27/h2-8,10,12,17,19,27,30,36H,9,11,13-16,18,20,22H2,1H3,(H,35,38)/t27-,30+/m1/s1. The molecule has 236 valence electrons. The number of piperidine rings is 1. The first-order valence-electron chi connectivity index (χ1n) is 15.1. The molecule has 45 heavy (non-hydrogen) atoms. The van der Waals surface area contributed by atoms with Crippen LogP contribution in [0.25, 0.3) is 0 Å². The Bertz CT molecular complexity index is 1860. The first-order chi connectivity index (χ1) is 21.4. The first kappa shape index (κ1) is 31.1. The van der Waals surface area contributed by atoms with Crippen LogP contribution in [0.15, 0.2) is 71.6 Å². The van der Waals surface area contributed by atoms with Crippen molar-refractivity contribution >= 4 is 31.5 Å². The van der Waals surface area contributed by atoms with Crippen LogP contribution in [0.2, 0.25) is 0 Å². The SMILES string of the molecule is CS(=O)(=O)Nc1ccc2c(c1)[C@@H](NC(=O)CS(=O)(=O)c1ccccc1)CC1(CCN([C@@H]3CCc4cc(C#N)ccc4C3)CC1)O2. The minimum atomic E-state index is -3.86. The molecule has 1 amide bonds. The molecule has 2 heterocycles. The molecule has 3 aromatic carbocycles. The van der Waals surface area contributed by atoms with Crippen molar-refractivity contribution in [1.82, 2.24) is 10.2 Å². The van der Waals surface area contributed by atoms with E-state index in [1.165, 1.54) is 23.3 Å². The second kappa shape index (κ2) is 12.1. The van der Waals surface area contributed by atoms with Crippen molar-refractivity contribution in [3.63, 3.8) is 0 Å². The molecule has 1 fully saturated rings. The molecule has 0 saturated carbocycles. The summed E-state index contributed by atoms with van der Waals surface area (Å²) in [5, 5.41) is 12.2. The van der Waals surface area contributed by atoms with E-state index in [-0.39, 0.29) is 4.90 Å². The molecule has 1 saturated heterocycles. The van der Waals surface area contributed by atoms with E-state index in [4.69, 9.17) is 4.74 Å². The number of hydrogen-bond donors (Lipinski definition) is 2. The number of benzene rings is 3. The number of hydrogen-bond acceptors (Lipinski definition) is 8. The number of ether oxygens (including phenoxy) is 1. The number of likely N-dealkylation sites (tertiary alicyclic amines) is 1. The third-order valence-corrected chi connectivity index (χ3v) is 11.4. The normalized spacial score (nSPS) is 21.1. The largest absolute Gasteiger partial charge is 0.487 e. The van der Waals surface area contributed by atoms with Gasteiger partial charge in [-0.05, 0) is 85.7 Å². The second-order valence-electron chi connectivity index (χ2n) is 12.3. The van der Waals surface area contributed by atoms with Gasteiger partial charge in [-0.25, -0.2) is 16.8 Å². The van der Waals surface area contributed by atoms with Crippen molar-refractivity contribution in [2.45, 2.75) is 61.1 Å². The number of carbonyl (C=O) groups is 1. The number of amides is 1. The molecule has 10 nitrogen and oxygen atoms in total. The van der Waals surface area contributed by atoms with Crippen LogP contribution in [-0.4, -0.2) is 64.4 Å². The molecule has 1 aliphatic carbocycles. The van der Waals surface area contributed by atoms with Crippen LogP contribution < -0.4 is 14.8 Å². The van der Waals surface area contributed by atoms with Gasteiger partial charge in [0.05, 0.1) is 28.8 Å².